The van der Waals surface area contributed by atoms with Crippen LogP contribution in [0.3, 0.4) is 0 Å². The van der Waals surface area contributed by atoms with Gasteiger partial charge in [0.05, 0.1) is 6.61 Å². The zero-order valence-electron chi connectivity index (χ0n) is 18.2. The SMILES string of the molecule is CCCCCCCCCCCCCCC(=O)C(=O)C(=O)C(=O)OCCC(C)C. The Kier molecular flexibility index (Phi) is 16.6. The summed E-state index contributed by atoms with van der Waals surface area (Å²) in [4.78, 5) is 46.6. The van der Waals surface area contributed by atoms with Gasteiger partial charge in [-0.3, -0.25) is 14.4 Å². The van der Waals surface area contributed by atoms with Crippen LogP contribution in [0.25, 0.3) is 0 Å². The number of ketones is 3. The topological polar surface area (TPSA) is 77.5 Å². The molecule has 0 saturated carbocycles. The summed E-state index contributed by atoms with van der Waals surface area (Å²) in [6, 6.07) is 0. The number of rotatable bonds is 19. The summed E-state index contributed by atoms with van der Waals surface area (Å²) in [6.45, 7) is 6.23. The summed E-state index contributed by atoms with van der Waals surface area (Å²) in [5.41, 5.74) is 0. The molecule has 0 saturated heterocycles. The maximum atomic E-state index is 11.8. The molecule has 0 aromatic carbocycles. The first-order chi connectivity index (χ1) is 13.4. The van der Waals surface area contributed by atoms with Crippen LogP contribution in [0.2, 0.25) is 0 Å². The van der Waals surface area contributed by atoms with Gasteiger partial charge in [0.25, 0.3) is 5.78 Å². The summed E-state index contributed by atoms with van der Waals surface area (Å²) in [6.07, 6.45) is 14.7. The van der Waals surface area contributed by atoms with Crippen molar-refractivity contribution in [1.29, 1.82) is 0 Å². The molecule has 0 fully saturated rings. The third-order valence-electron chi connectivity index (χ3n) is 4.83. The molecule has 0 aromatic heterocycles. The van der Waals surface area contributed by atoms with E-state index in [9.17, 15) is 19.2 Å². The molecule has 0 spiro atoms. The lowest BCUT2D eigenvalue weighted by Gasteiger charge is -2.05. The van der Waals surface area contributed by atoms with Crippen molar-refractivity contribution in [2.75, 3.05) is 6.61 Å². The lowest BCUT2D eigenvalue weighted by molar-refractivity contribution is -0.158. The average molecular weight is 397 g/mol. The number of Topliss-reactive ketones (excluding diaryl/α,β-unsaturated/α-hetero) is 3. The summed E-state index contributed by atoms with van der Waals surface area (Å²) in [5, 5.41) is 0. The fourth-order valence-electron chi connectivity index (χ4n) is 2.91. The Morgan fingerprint density at radius 2 is 1.14 bits per heavy atom. The maximum absolute atomic E-state index is 11.8. The van der Waals surface area contributed by atoms with Crippen LogP contribution in [0.15, 0.2) is 0 Å². The molecule has 0 amide bonds. The zero-order valence-corrected chi connectivity index (χ0v) is 18.2. The standard InChI is InChI=1S/C23H40O5/c1-4-5-6-7-8-9-10-11-12-13-14-15-16-20(24)21(25)22(26)23(27)28-18-17-19(2)3/h19H,4-18H2,1-3H3. The van der Waals surface area contributed by atoms with E-state index in [4.69, 9.17) is 4.74 Å². The molecule has 0 atom stereocenters. The number of ether oxygens (including phenoxy) is 1. The Hall–Kier alpha value is -1.52. The van der Waals surface area contributed by atoms with E-state index in [0.29, 0.717) is 18.8 Å². The smallest absolute Gasteiger partial charge is 0.383 e. The number of carbonyl (C=O) groups is 4. The molecule has 0 aliphatic carbocycles. The number of hydrogen-bond donors (Lipinski definition) is 0. The van der Waals surface area contributed by atoms with E-state index in [0.717, 1.165) is 19.3 Å². The van der Waals surface area contributed by atoms with Gasteiger partial charge in [0.2, 0.25) is 5.78 Å². The van der Waals surface area contributed by atoms with Crippen LogP contribution in [0.4, 0.5) is 0 Å². The molecule has 0 rings (SSSR count). The van der Waals surface area contributed by atoms with Crippen molar-refractivity contribution in [2.45, 2.75) is 111 Å². The molecule has 0 aliphatic heterocycles. The molecule has 0 radical (unpaired) electrons. The van der Waals surface area contributed by atoms with Crippen LogP contribution >= 0.6 is 0 Å². The molecule has 28 heavy (non-hydrogen) atoms. The van der Waals surface area contributed by atoms with Gasteiger partial charge in [-0.25, -0.2) is 4.79 Å². The van der Waals surface area contributed by atoms with E-state index in [1.165, 1.54) is 51.4 Å². The van der Waals surface area contributed by atoms with Crippen molar-refractivity contribution in [3.8, 4) is 0 Å². The second-order valence-electron chi connectivity index (χ2n) is 8.04. The van der Waals surface area contributed by atoms with Gasteiger partial charge >= 0.3 is 11.8 Å². The zero-order chi connectivity index (χ0) is 21.2. The highest BCUT2D eigenvalue weighted by molar-refractivity contribution is 6.77. The van der Waals surface area contributed by atoms with E-state index >= 15 is 0 Å². The first-order valence-corrected chi connectivity index (χ1v) is 11.2. The third-order valence-corrected chi connectivity index (χ3v) is 4.83. The summed E-state index contributed by atoms with van der Waals surface area (Å²) in [5.74, 6) is -4.25. The second-order valence-corrected chi connectivity index (χ2v) is 8.04. The third kappa shape index (κ3) is 14.5. The van der Waals surface area contributed by atoms with Crippen molar-refractivity contribution < 1.29 is 23.9 Å². The molecule has 0 bridgehead atoms. The van der Waals surface area contributed by atoms with Gasteiger partial charge in [-0.15, -0.1) is 0 Å². The fraction of sp³-hybridized carbons (Fsp3) is 0.826. The van der Waals surface area contributed by atoms with Crippen LogP contribution in [0.1, 0.15) is 111 Å². The van der Waals surface area contributed by atoms with Gasteiger partial charge < -0.3 is 4.74 Å². The molecule has 0 N–H and O–H groups in total. The van der Waals surface area contributed by atoms with Crippen molar-refractivity contribution in [3.63, 3.8) is 0 Å². The highest BCUT2D eigenvalue weighted by Crippen LogP contribution is 2.12. The molecule has 0 unspecified atom stereocenters. The first kappa shape index (κ1) is 26.5. The minimum absolute atomic E-state index is 0.0290. The van der Waals surface area contributed by atoms with Crippen LogP contribution in [0.5, 0.6) is 0 Å². The van der Waals surface area contributed by atoms with Gasteiger partial charge in [0.15, 0.2) is 0 Å². The molecular formula is C23H40O5. The lowest BCUT2D eigenvalue weighted by atomic mass is 10.0. The monoisotopic (exact) mass is 396 g/mol. The summed E-state index contributed by atoms with van der Waals surface area (Å²) >= 11 is 0. The van der Waals surface area contributed by atoms with E-state index in [2.05, 4.69) is 6.92 Å². The number of esters is 1. The Labute approximate surface area is 171 Å². The van der Waals surface area contributed by atoms with Gasteiger partial charge in [0.1, 0.15) is 0 Å². The second kappa shape index (κ2) is 17.6. The van der Waals surface area contributed by atoms with E-state index < -0.39 is 23.3 Å². The largest absolute Gasteiger partial charge is 0.460 e. The number of hydrogen-bond acceptors (Lipinski definition) is 5. The quantitative estimate of drug-likeness (QED) is 0.127. The molecular weight excluding hydrogens is 356 g/mol. The maximum Gasteiger partial charge on any atom is 0.383 e. The minimum atomic E-state index is -1.34. The van der Waals surface area contributed by atoms with Crippen LogP contribution in [-0.2, 0) is 23.9 Å². The Balaban J connectivity index is 3.68. The predicted molar refractivity (Wildman–Crippen MR) is 111 cm³/mol. The number of carbonyl (C=O) groups excluding carboxylic acids is 4. The Morgan fingerprint density at radius 1 is 0.679 bits per heavy atom. The predicted octanol–water partition coefficient (Wildman–Crippen LogP) is 5.37. The fourth-order valence-corrected chi connectivity index (χ4v) is 2.91. The van der Waals surface area contributed by atoms with E-state index in [1.54, 1.807) is 0 Å². The van der Waals surface area contributed by atoms with Crippen LogP contribution in [-0.4, -0.2) is 29.9 Å². The van der Waals surface area contributed by atoms with Crippen LogP contribution < -0.4 is 0 Å². The highest BCUT2D eigenvalue weighted by Gasteiger charge is 2.29. The molecule has 162 valence electrons. The first-order valence-electron chi connectivity index (χ1n) is 11.2. The van der Waals surface area contributed by atoms with Crippen molar-refractivity contribution in [2.24, 2.45) is 5.92 Å². The van der Waals surface area contributed by atoms with Gasteiger partial charge in [-0.1, -0.05) is 91.4 Å². The molecule has 0 aromatic rings. The van der Waals surface area contributed by atoms with Gasteiger partial charge in [-0.2, -0.15) is 0 Å². The van der Waals surface area contributed by atoms with Crippen molar-refractivity contribution in [1.82, 2.24) is 0 Å². The summed E-state index contributed by atoms with van der Waals surface area (Å²) < 4.78 is 4.74. The summed E-state index contributed by atoms with van der Waals surface area (Å²) in [7, 11) is 0. The molecule has 5 nitrogen and oxygen atoms in total. The highest BCUT2D eigenvalue weighted by atomic mass is 16.5. The lowest BCUT2D eigenvalue weighted by Crippen LogP contribution is -2.32. The molecule has 0 heterocycles. The molecule has 5 heteroatoms. The van der Waals surface area contributed by atoms with Crippen LogP contribution in [0, 0.1) is 5.92 Å². The van der Waals surface area contributed by atoms with Gasteiger partial charge in [-0.05, 0) is 18.8 Å². The van der Waals surface area contributed by atoms with Gasteiger partial charge in [0, 0.05) is 6.42 Å². The minimum Gasteiger partial charge on any atom is -0.460 e. The Morgan fingerprint density at radius 3 is 1.61 bits per heavy atom. The normalized spacial score (nSPS) is 10.9. The van der Waals surface area contributed by atoms with Crippen molar-refractivity contribution >= 4 is 23.3 Å². The van der Waals surface area contributed by atoms with E-state index in [-0.39, 0.29) is 13.0 Å². The Bertz CT molecular complexity index is 468. The van der Waals surface area contributed by atoms with Crippen molar-refractivity contribution in [3.05, 3.63) is 0 Å². The van der Waals surface area contributed by atoms with E-state index in [1.807, 2.05) is 13.8 Å². The molecule has 0 aliphatic rings. The average Bonchev–Trinajstić information content (AvgIpc) is 2.67. The number of unbranched alkanes of at least 4 members (excludes halogenated alkanes) is 11.